The maximum Gasteiger partial charge on any atom is 0.252 e. The maximum absolute atomic E-state index is 9.24. The minimum atomic E-state index is -0.537. The molecule has 9 rings (SSSR count). The lowest BCUT2D eigenvalue weighted by molar-refractivity contribution is 0.590. The van der Waals surface area contributed by atoms with Crippen molar-refractivity contribution in [1.82, 2.24) is 0 Å². The molecule has 2 aliphatic rings. The standard InChI is InChI=1S/C51H47BN2/c1-34-31-46-48-47(32-34)54(49-40(35-17-10-8-11-18-35)21-16-22-41(49)36-19-12-9-13-20-36)44-24-15-14-23-42(44)52(48)43-33-38(51(5,6)7)27-30-45(43)53(46)39-28-25-37(26-29-39)50(2,3)4/h8-33H,1-7H3/i8D,9D,10D,11D,12D,13D,17D,18D,19D,20D. The van der Waals surface area contributed by atoms with E-state index in [1.165, 1.54) is 11.1 Å². The van der Waals surface area contributed by atoms with Gasteiger partial charge in [0.2, 0.25) is 0 Å². The van der Waals surface area contributed by atoms with E-state index in [-0.39, 0.29) is 39.8 Å². The SMILES string of the molecule is [2H]c1c([2H])c([2H])c(-c2cccc(-c3c([2H])c([2H])c([2H])c([2H])c3[2H])c2N2c3ccccc3B3c4cc(C(C)(C)C)ccc4N(c4ccc(C(C)(C)C)cc4)c4cc(C)cc2c43)c([2H])c1[2H]. The van der Waals surface area contributed by atoms with Crippen LogP contribution in [-0.4, -0.2) is 6.71 Å². The van der Waals surface area contributed by atoms with Gasteiger partial charge in [0, 0.05) is 39.6 Å². The number of anilines is 6. The van der Waals surface area contributed by atoms with E-state index in [0.717, 1.165) is 50.4 Å². The van der Waals surface area contributed by atoms with Crippen molar-refractivity contribution in [2.45, 2.75) is 59.3 Å². The largest absolute Gasteiger partial charge is 0.311 e. The molecule has 0 radical (unpaired) electrons. The van der Waals surface area contributed by atoms with Gasteiger partial charge in [-0.05, 0) is 98.4 Å². The van der Waals surface area contributed by atoms with Crippen molar-refractivity contribution in [3.63, 3.8) is 0 Å². The van der Waals surface area contributed by atoms with Crippen LogP contribution in [0, 0.1) is 6.92 Å². The third-order valence-corrected chi connectivity index (χ3v) is 10.8. The Bertz CT molecular complexity index is 2970. The highest BCUT2D eigenvalue weighted by atomic mass is 15.2. The summed E-state index contributed by atoms with van der Waals surface area (Å²) in [6.45, 7) is 14.9. The Morgan fingerprint density at radius 2 is 1.04 bits per heavy atom. The highest BCUT2D eigenvalue weighted by molar-refractivity contribution is 7.00. The number of benzene rings is 7. The van der Waals surface area contributed by atoms with Gasteiger partial charge < -0.3 is 9.80 Å². The predicted octanol–water partition coefficient (Wildman–Crippen LogP) is 12.0. The van der Waals surface area contributed by atoms with Crippen molar-refractivity contribution in [1.29, 1.82) is 0 Å². The molecule has 54 heavy (non-hydrogen) atoms. The van der Waals surface area contributed by atoms with Gasteiger partial charge >= 0.3 is 0 Å². The molecule has 0 amide bonds. The topological polar surface area (TPSA) is 6.48 Å². The third-order valence-electron chi connectivity index (χ3n) is 10.8. The zero-order valence-electron chi connectivity index (χ0n) is 41.7. The van der Waals surface area contributed by atoms with Crippen molar-refractivity contribution < 1.29 is 13.7 Å². The lowest BCUT2D eigenvalue weighted by Crippen LogP contribution is -2.61. The summed E-state index contributed by atoms with van der Waals surface area (Å²) in [6, 6.07) is 27.9. The normalized spacial score (nSPS) is 15.9. The summed E-state index contributed by atoms with van der Waals surface area (Å²) in [6.07, 6.45) is 0. The fourth-order valence-corrected chi connectivity index (χ4v) is 8.14. The van der Waals surface area contributed by atoms with E-state index in [9.17, 15) is 5.48 Å². The molecule has 0 unspecified atom stereocenters. The molecule has 2 nitrogen and oxygen atoms in total. The number of nitrogens with zero attached hydrogens (tertiary/aromatic N) is 2. The molecule has 0 aromatic heterocycles. The summed E-state index contributed by atoms with van der Waals surface area (Å²) in [5, 5.41) is 0. The van der Waals surface area contributed by atoms with Gasteiger partial charge in [0.25, 0.3) is 6.71 Å². The van der Waals surface area contributed by atoms with Gasteiger partial charge in [-0.1, -0.05) is 163 Å². The van der Waals surface area contributed by atoms with E-state index in [4.69, 9.17) is 8.22 Å². The van der Waals surface area contributed by atoms with Crippen LogP contribution >= 0.6 is 0 Å². The number of aryl methyl sites for hydroxylation is 1. The van der Waals surface area contributed by atoms with Crippen LogP contribution in [0.5, 0.6) is 0 Å². The van der Waals surface area contributed by atoms with Crippen LogP contribution < -0.4 is 26.2 Å². The van der Waals surface area contributed by atoms with Crippen LogP contribution in [-0.2, 0) is 10.8 Å². The monoisotopic (exact) mass is 708 g/mol. The third kappa shape index (κ3) is 5.57. The van der Waals surface area contributed by atoms with Crippen LogP contribution in [0.4, 0.5) is 34.1 Å². The second-order valence-electron chi connectivity index (χ2n) is 16.4. The van der Waals surface area contributed by atoms with E-state index >= 15 is 0 Å². The van der Waals surface area contributed by atoms with Gasteiger partial charge in [-0.15, -0.1) is 0 Å². The summed E-state index contributed by atoms with van der Waals surface area (Å²) >= 11 is 0. The second kappa shape index (κ2) is 12.7. The summed E-state index contributed by atoms with van der Waals surface area (Å²) < 4.78 is 88.8. The Morgan fingerprint density at radius 1 is 0.500 bits per heavy atom. The first-order chi connectivity index (χ1) is 30.1. The molecule has 0 bridgehead atoms. The van der Waals surface area contributed by atoms with E-state index in [0.29, 0.717) is 5.69 Å². The minimum absolute atomic E-state index is 0.0661. The molecule has 0 saturated heterocycles. The van der Waals surface area contributed by atoms with E-state index in [2.05, 4.69) is 107 Å². The smallest absolute Gasteiger partial charge is 0.252 e. The van der Waals surface area contributed by atoms with Gasteiger partial charge in [0.1, 0.15) is 0 Å². The van der Waals surface area contributed by atoms with Crippen LogP contribution in [0.2, 0.25) is 0 Å². The Morgan fingerprint density at radius 3 is 1.63 bits per heavy atom. The molecular weight excluding hydrogens is 651 g/mol. The molecule has 0 fully saturated rings. The number of hydrogen-bond donors (Lipinski definition) is 0. The second-order valence-corrected chi connectivity index (χ2v) is 16.4. The van der Waals surface area contributed by atoms with Crippen LogP contribution in [0.25, 0.3) is 22.3 Å². The van der Waals surface area contributed by atoms with E-state index in [1.807, 2.05) is 30.0 Å². The van der Waals surface area contributed by atoms with Gasteiger partial charge in [0.15, 0.2) is 0 Å². The Balaban J connectivity index is 1.45. The number of para-hydroxylation sites is 2. The lowest BCUT2D eigenvalue weighted by Gasteiger charge is -2.45. The summed E-state index contributed by atoms with van der Waals surface area (Å²) in [7, 11) is 0. The van der Waals surface area contributed by atoms with Gasteiger partial charge in [-0.3, -0.25) is 0 Å². The van der Waals surface area contributed by atoms with E-state index in [1.54, 1.807) is 18.2 Å². The highest BCUT2D eigenvalue weighted by Crippen LogP contribution is 2.50. The molecule has 7 aromatic rings. The fourth-order valence-electron chi connectivity index (χ4n) is 8.14. The molecule has 2 heterocycles. The Kier molecular flexibility index (Phi) is 5.75. The van der Waals surface area contributed by atoms with Crippen LogP contribution in [0.3, 0.4) is 0 Å². The average Bonchev–Trinajstić information content (AvgIpc) is 3.25. The summed E-state index contributed by atoms with van der Waals surface area (Å²) in [5.41, 5.74) is 11.1. The first-order valence-electron chi connectivity index (χ1n) is 23.5. The molecule has 2 aliphatic heterocycles. The van der Waals surface area contributed by atoms with Crippen LogP contribution in [0.15, 0.2) is 157 Å². The molecule has 0 saturated carbocycles. The van der Waals surface area contributed by atoms with Gasteiger partial charge in [-0.25, -0.2) is 0 Å². The van der Waals surface area contributed by atoms with Crippen LogP contribution in [0.1, 0.15) is 71.9 Å². The first-order valence-corrected chi connectivity index (χ1v) is 18.5. The zero-order valence-corrected chi connectivity index (χ0v) is 31.7. The number of fused-ring (bicyclic) bond motifs is 4. The summed E-state index contributed by atoms with van der Waals surface area (Å²) in [4.78, 5) is 4.32. The number of hydrogen-bond acceptors (Lipinski definition) is 2. The quantitative estimate of drug-likeness (QED) is 0.168. The maximum atomic E-state index is 9.24. The molecule has 0 spiro atoms. The van der Waals surface area contributed by atoms with Gasteiger partial charge in [-0.2, -0.15) is 0 Å². The predicted molar refractivity (Wildman–Crippen MR) is 233 cm³/mol. The minimum Gasteiger partial charge on any atom is -0.311 e. The summed E-state index contributed by atoms with van der Waals surface area (Å²) in [5.74, 6) is 0. The van der Waals surface area contributed by atoms with Crippen molar-refractivity contribution in [2.75, 3.05) is 9.80 Å². The van der Waals surface area contributed by atoms with Crippen molar-refractivity contribution in [3.8, 4) is 22.3 Å². The molecule has 0 aliphatic carbocycles. The lowest BCUT2D eigenvalue weighted by atomic mass is 9.33. The Hall–Kier alpha value is -5.80. The molecular formula is C51H47BN2. The van der Waals surface area contributed by atoms with E-state index < -0.39 is 60.4 Å². The van der Waals surface area contributed by atoms with Gasteiger partial charge in [0.05, 0.1) is 19.4 Å². The Labute approximate surface area is 335 Å². The van der Waals surface area contributed by atoms with Crippen molar-refractivity contribution in [2.24, 2.45) is 0 Å². The highest BCUT2D eigenvalue weighted by Gasteiger charge is 2.44. The molecule has 0 N–H and O–H groups in total. The fraction of sp³-hybridized carbons (Fsp3) is 0.176. The molecule has 0 atom stereocenters. The number of rotatable bonds is 4. The van der Waals surface area contributed by atoms with Crippen molar-refractivity contribution in [3.05, 3.63) is 174 Å². The molecule has 7 aromatic carbocycles. The molecule has 264 valence electrons. The zero-order chi connectivity index (χ0) is 46.1. The first kappa shape index (κ1) is 24.5. The average molecular weight is 709 g/mol. The van der Waals surface area contributed by atoms with Crippen molar-refractivity contribution >= 4 is 57.2 Å². The molecule has 3 heteroatoms.